The summed E-state index contributed by atoms with van der Waals surface area (Å²) in [4.78, 5) is 13.5. The molecule has 2 rings (SSSR count). The fourth-order valence-corrected chi connectivity index (χ4v) is 1.94. The molecule has 0 N–H and O–H groups in total. The van der Waals surface area contributed by atoms with Gasteiger partial charge in [0.05, 0.1) is 29.7 Å². The number of aryl methyl sites for hydroxylation is 2. The van der Waals surface area contributed by atoms with Crippen molar-refractivity contribution in [2.75, 3.05) is 7.05 Å². The smallest absolute Gasteiger partial charge is 0.275 e. The summed E-state index contributed by atoms with van der Waals surface area (Å²) in [7, 11) is 1.69. The molecule has 6 nitrogen and oxygen atoms in total. The Hall–Kier alpha value is -1.76. The summed E-state index contributed by atoms with van der Waals surface area (Å²) in [6, 6.07) is 1.80. The lowest BCUT2D eigenvalue weighted by Crippen LogP contribution is -2.26. The predicted octanol–water partition coefficient (Wildman–Crippen LogP) is 1.42. The summed E-state index contributed by atoms with van der Waals surface area (Å²) in [5.74, 6) is 0.490. The van der Waals surface area contributed by atoms with Crippen molar-refractivity contribution >= 4 is 17.6 Å². The van der Waals surface area contributed by atoms with Crippen molar-refractivity contribution in [3.8, 4) is 0 Å². The van der Waals surface area contributed by atoms with Crippen LogP contribution < -0.4 is 0 Å². The van der Waals surface area contributed by atoms with Crippen LogP contribution in [-0.4, -0.2) is 31.8 Å². The van der Waals surface area contributed by atoms with Crippen molar-refractivity contribution in [2.45, 2.75) is 20.4 Å². The molecule has 0 aliphatic carbocycles. The second-order valence-corrected chi connectivity index (χ2v) is 4.32. The van der Waals surface area contributed by atoms with Crippen LogP contribution in [0.4, 0.5) is 0 Å². The minimum absolute atomic E-state index is 0.162. The Morgan fingerprint density at radius 1 is 1.47 bits per heavy atom. The van der Waals surface area contributed by atoms with Crippen LogP contribution in [0.15, 0.2) is 10.6 Å². The summed E-state index contributed by atoms with van der Waals surface area (Å²) in [6.45, 7) is 3.98. The number of hydrogen-bond acceptors (Lipinski definition) is 6. The van der Waals surface area contributed by atoms with Gasteiger partial charge in [0.1, 0.15) is 0 Å². The number of amides is 1. The molecule has 0 atom stereocenters. The second kappa shape index (κ2) is 4.62. The average Bonchev–Trinajstić information content (AvgIpc) is 2.86. The average molecular weight is 252 g/mol. The van der Waals surface area contributed by atoms with E-state index in [4.69, 9.17) is 4.52 Å². The van der Waals surface area contributed by atoms with Crippen molar-refractivity contribution < 1.29 is 9.32 Å². The zero-order valence-electron chi connectivity index (χ0n) is 9.80. The van der Waals surface area contributed by atoms with Crippen molar-refractivity contribution in [3.05, 3.63) is 28.9 Å². The molecule has 2 heterocycles. The minimum atomic E-state index is -0.162. The van der Waals surface area contributed by atoms with Crippen LogP contribution >= 0.6 is 11.7 Å². The molecule has 0 aromatic carbocycles. The highest BCUT2D eigenvalue weighted by molar-refractivity contribution is 6.99. The maximum Gasteiger partial charge on any atom is 0.275 e. The molecule has 2 aromatic rings. The molecule has 7 heteroatoms. The van der Waals surface area contributed by atoms with E-state index < -0.39 is 0 Å². The summed E-state index contributed by atoms with van der Waals surface area (Å²) in [6.07, 6.45) is 0. The fraction of sp³-hybridized carbons (Fsp3) is 0.400. The van der Waals surface area contributed by atoms with E-state index in [1.54, 1.807) is 20.0 Å². The number of rotatable bonds is 3. The number of nitrogens with zero attached hydrogens (tertiary/aromatic N) is 4. The molecule has 0 spiro atoms. The molecule has 0 saturated carbocycles. The van der Waals surface area contributed by atoms with E-state index in [9.17, 15) is 4.79 Å². The van der Waals surface area contributed by atoms with Gasteiger partial charge in [0, 0.05) is 13.1 Å². The van der Waals surface area contributed by atoms with Gasteiger partial charge in [-0.2, -0.15) is 8.75 Å². The molecular formula is C10H12N4O2S. The van der Waals surface area contributed by atoms with Gasteiger partial charge in [-0.25, -0.2) is 0 Å². The molecule has 0 fully saturated rings. The van der Waals surface area contributed by atoms with E-state index >= 15 is 0 Å². The molecular weight excluding hydrogens is 240 g/mol. The molecule has 2 aromatic heterocycles. The quantitative estimate of drug-likeness (QED) is 0.826. The van der Waals surface area contributed by atoms with E-state index in [0.29, 0.717) is 23.7 Å². The normalized spacial score (nSPS) is 10.5. The van der Waals surface area contributed by atoms with Gasteiger partial charge in [-0.05, 0) is 13.8 Å². The van der Waals surface area contributed by atoms with Gasteiger partial charge in [-0.1, -0.05) is 5.16 Å². The van der Waals surface area contributed by atoms with Crippen LogP contribution in [0.2, 0.25) is 0 Å². The van der Waals surface area contributed by atoms with Gasteiger partial charge >= 0.3 is 0 Å². The number of hydrogen-bond donors (Lipinski definition) is 0. The SMILES string of the molecule is Cc1cc(CN(C)C(=O)c2nsnc2C)on1. The minimum Gasteiger partial charge on any atom is -0.359 e. The summed E-state index contributed by atoms with van der Waals surface area (Å²) < 4.78 is 13.0. The molecule has 0 unspecified atom stereocenters. The molecule has 0 bridgehead atoms. The molecule has 90 valence electrons. The second-order valence-electron chi connectivity index (χ2n) is 3.79. The molecule has 0 aliphatic rings. The first-order chi connectivity index (χ1) is 8.08. The van der Waals surface area contributed by atoms with E-state index in [0.717, 1.165) is 17.4 Å². The van der Waals surface area contributed by atoms with Crippen molar-refractivity contribution in [1.29, 1.82) is 0 Å². The van der Waals surface area contributed by atoms with Gasteiger partial charge < -0.3 is 9.42 Å². The molecule has 1 amide bonds. The number of aromatic nitrogens is 3. The predicted molar refractivity (Wildman–Crippen MR) is 61.7 cm³/mol. The maximum absolute atomic E-state index is 12.0. The third-order valence-corrected chi connectivity index (χ3v) is 2.89. The van der Waals surface area contributed by atoms with Gasteiger partial charge in [0.2, 0.25) is 0 Å². The van der Waals surface area contributed by atoms with E-state index in [2.05, 4.69) is 13.9 Å². The largest absolute Gasteiger partial charge is 0.359 e. The standard InChI is InChI=1S/C10H12N4O2S/c1-6-4-8(16-11-6)5-14(3)10(15)9-7(2)12-17-13-9/h4H,5H2,1-3H3. The van der Waals surface area contributed by atoms with Crippen LogP contribution in [0.25, 0.3) is 0 Å². The highest BCUT2D eigenvalue weighted by Crippen LogP contribution is 2.11. The van der Waals surface area contributed by atoms with Crippen LogP contribution in [0.3, 0.4) is 0 Å². The Morgan fingerprint density at radius 3 is 2.76 bits per heavy atom. The Balaban J connectivity index is 2.08. The molecule has 0 radical (unpaired) electrons. The summed E-state index contributed by atoms with van der Waals surface area (Å²) in [5, 5.41) is 3.77. The zero-order chi connectivity index (χ0) is 12.4. The van der Waals surface area contributed by atoms with Crippen LogP contribution in [0, 0.1) is 13.8 Å². The number of carbonyl (C=O) groups is 1. The Bertz CT molecular complexity index is 534. The lowest BCUT2D eigenvalue weighted by Gasteiger charge is -2.13. The third-order valence-electron chi connectivity index (χ3n) is 2.27. The molecule has 0 aliphatic heterocycles. The highest BCUT2D eigenvalue weighted by atomic mass is 32.1. The van der Waals surface area contributed by atoms with Gasteiger partial charge in [0.25, 0.3) is 5.91 Å². The van der Waals surface area contributed by atoms with Crippen molar-refractivity contribution in [1.82, 2.24) is 18.8 Å². The Labute approximate surface area is 103 Å². The zero-order valence-corrected chi connectivity index (χ0v) is 10.6. The summed E-state index contributed by atoms with van der Waals surface area (Å²) >= 11 is 1.04. The molecule has 0 saturated heterocycles. The van der Waals surface area contributed by atoms with Gasteiger partial charge in [0.15, 0.2) is 11.5 Å². The lowest BCUT2D eigenvalue weighted by molar-refractivity contribution is 0.0766. The molecule has 17 heavy (non-hydrogen) atoms. The van der Waals surface area contributed by atoms with Crippen LogP contribution in [0.1, 0.15) is 27.6 Å². The number of carbonyl (C=O) groups excluding carboxylic acids is 1. The topological polar surface area (TPSA) is 72.1 Å². The Morgan fingerprint density at radius 2 is 2.24 bits per heavy atom. The van der Waals surface area contributed by atoms with Gasteiger partial charge in [-0.3, -0.25) is 4.79 Å². The lowest BCUT2D eigenvalue weighted by atomic mass is 10.3. The van der Waals surface area contributed by atoms with Crippen LogP contribution in [0.5, 0.6) is 0 Å². The third kappa shape index (κ3) is 2.50. The van der Waals surface area contributed by atoms with E-state index in [-0.39, 0.29) is 5.91 Å². The van der Waals surface area contributed by atoms with Crippen molar-refractivity contribution in [2.24, 2.45) is 0 Å². The Kier molecular flexibility index (Phi) is 3.19. The monoisotopic (exact) mass is 252 g/mol. The first kappa shape index (κ1) is 11.7. The van der Waals surface area contributed by atoms with E-state index in [1.807, 2.05) is 6.92 Å². The first-order valence-corrected chi connectivity index (χ1v) is 5.78. The van der Waals surface area contributed by atoms with E-state index in [1.165, 1.54) is 4.90 Å². The summed E-state index contributed by atoms with van der Waals surface area (Å²) in [5.41, 5.74) is 1.85. The van der Waals surface area contributed by atoms with Gasteiger partial charge in [-0.15, -0.1) is 0 Å². The fourth-order valence-electron chi connectivity index (χ4n) is 1.40. The maximum atomic E-state index is 12.0. The van der Waals surface area contributed by atoms with Crippen LogP contribution in [-0.2, 0) is 6.54 Å². The van der Waals surface area contributed by atoms with Crippen molar-refractivity contribution in [3.63, 3.8) is 0 Å². The highest BCUT2D eigenvalue weighted by Gasteiger charge is 2.19. The first-order valence-electron chi connectivity index (χ1n) is 5.04.